The first kappa shape index (κ1) is 16.5. The summed E-state index contributed by atoms with van der Waals surface area (Å²) in [7, 11) is -3.73. The number of nitrogens with zero attached hydrogens (tertiary/aromatic N) is 2. The molecule has 7 heteroatoms. The molecule has 0 aliphatic carbocycles. The van der Waals surface area contributed by atoms with Gasteiger partial charge in [0.05, 0.1) is 16.7 Å². The lowest BCUT2D eigenvalue weighted by Crippen LogP contribution is -2.42. The van der Waals surface area contributed by atoms with Crippen LogP contribution in [0.3, 0.4) is 0 Å². The van der Waals surface area contributed by atoms with Crippen molar-refractivity contribution in [2.45, 2.75) is 30.8 Å². The van der Waals surface area contributed by atoms with Crippen LogP contribution in [-0.4, -0.2) is 49.5 Å². The van der Waals surface area contributed by atoms with Crippen LogP contribution in [0, 0.1) is 0 Å². The topological polar surface area (TPSA) is 77.9 Å². The Morgan fingerprint density at radius 1 is 1.24 bits per heavy atom. The Morgan fingerprint density at radius 2 is 2.04 bits per heavy atom. The number of sulfonamides is 1. The summed E-state index contributed by atoms with van der Waals surface area (Å²) in [5.74, 6) is -0.0916. The zero-order valence-electron chi connectivity index (χ0n) is 14.0. The fourth-order valence-electron chi connectivity index (χ4n) is 3.84. The number of aliphatic hydroxyl groups is 1. The van der Waals surface area contributed by atoms with Crippen molar-refractivity contribution in [2.75, 3.05) is 24.5 Å². The summed E-state index contributed by atoms with van der Waals surface area (Å²) >= 11 is 0. The standard InChI is InChI=1S/C18H20N2O4S/c1-2-20-15-8-9-16(13-6-3-7-14(17(13)15)18(20)22)25(23,24)19-10-4-5-12(21)11-19/h3,6-9,12,21H,2,4-5,10-11H2,1H3/t12-/m0/s1. The van der Waals surface area contributed by atoms with Gasteiger partial charge in [0.2, 0.25) is 10.0 Å². The number of amides is 1. The third-order valence-electron chi connectivity index (χ3n) is 5.04. The Labute approximate surface area is 146 Å². The second-order valence-electron chi connectivity index (χ2n) is 6.52. The Balaban J connectivity index is 1.91. The minimum Gasteiger partial charge on any atom is -0.392 e. The number of carbonyl (C=O) groups is 1. The zero-order chi connectivity index (χ0) is 17.8. The first-order chi connectivity index (χ1) is 11.9. The molecule has 0 aromatic heterocycles. The number of β-amino-alcohol motifs (C(OH)–C–C–N with tert-alkyl or cyclic N) is 1. The van der Waals surface area contributed by atoms with E-state index in [2.05, 4.69) is 0 Å². The van der Waals surface area contributed by atoms with Gasteiger partial charge < -0.3 is 10.0 Å². The molecule has 2 aliphatic heterocycles. The van der Waals surface area contributed by atoms with Gasteiger partial charge in [-0.3, -0.25) is 4.79 Å². The molecule has 0 saturated carbocycles. The van der Waals surface area contributed by atoms with E-state index < -0.39 is 16.1 Å². The molecule has 1 saturated heterocycles. The maximum absolute atomic E-state index is 13.1. The molecule has 1 N–H and O–H groups in total. The molecule has 0 unspecified atom stereocenters. The van der Waals surface area contributed by atoms with Crippen molar-refractivity contribution >= 4 is 32.4 Å². The van der Waals surface area contributed by atoms with Crippen LogP contribution in [0.1, 0.15) is 30.1 Å². The van der Waals surface area contributed by atoms with Gasteiger partial charge in [0, 0.05) is 36.0 Å². The molecule has 1 amide bonds. The maximum atomic E-state index is 13.1. The van der Waals surface area contributed by atoms with Crippen LogP contribution >= 0.6 is 0 Å². The third-order valence-corrected chi connectivity index (χ3v) is 6.96. The van der Waals surface area contributed by atoms with Crippen LogP contribution in [0.5, 0.6) is 0 Å². The molecule has 132 valence electrons. The van der Waals surface area contributed by atoms with E-state index in [0.29, 0.717) is 42.3 Å². The smallest absolute Gasteiger partial charge is 0.258 e. The molecular weight excluding hydrogens is 340 g/mol. The average molecular weight is 360 g/mol. The Bertz CT molecular complexity index is 970. The van der Waals surface area contributed by atoms with Gasteiger partial charge in [-0.25, -0.2) is 8.42 Å². The van der Waals surface area contributed by atoms with Gasteiger partial charge in [-0.2, -0.15) is 4.31 Å². The van der Waals surface area contributed by atoms with Gasteiger partial charge >= 0.3 is 0 Å². The van der Waals surface area contributed by atoms with Crippen molar-refractivity contribution in [2.24, 2.45) is 0 Å². The molecule has 2 aliphatic rings. The lowest BCUT2D eigenvalue weighted by Gasteiger charge is -2.29. The molecule has 2 aromatic rings. The SMILES string of the molecule is CCN1C(=O)c2cccc3c(S(=O)(=O)N4CCC[C@H](O)C4)ccc1c23. The highest BCUT2D eigenvalue weighted by Gasteiger charge is 2.34. The third kappa shape index (κ3) is 2.38. The minimum atomic E-state index is -3.73. The molecule has 0 radical (unpaired) electrons. The lowest BCUT2D eigenvalue weighted by molar-refractivity contribution is 0.0994. The highest BCUT2D eigenvalue weighted by molar-refractivity contribution is 7.89. The highest BCUT2D eigenvalue weighted by atomic mass is 32.2. The van der Waals surface area contributed by atoms with E-state index in [1.807, 2.05) is 6.92 Å². The van der Waals surface area contributed by atoms with Crippen molar-refractivity contribution in [1.29, 1.82) is 0 Å². The van der Waals surface area contributed by atoms with Gasteiger partial charge in [0.1, 0.15) is 0 Å². The number of benzene rings is 2. The summed E-state index contributed by atoms with van der Waals surface area (Å²) in [5.41, 5.74) is 1.31. The molecule has 6 nitrogen and oxygen atoms in total. The maximum Gasteiger partial charge on any atom is 0.258 e. The minimum absolute atomic E-state index is 0.0916. The van der Waals surface area contributed by atoms with Gasteiger partial charge in [-0.1, -0.05) is 12.1 Å². The summed E-state index contributed by atoms with van der Waals surface area (Å²) in [6.45, 7) is 2.95. The lowest BCUT2D eigenvalue weighted by atomic mass is 10.1. The normalized spacial score (nSPS) is 21.3. The molecule has 25 heavy (non-hydrogen) atoms. The Hall–Kier alpha value is -1.96. The number of aliphatic hydroxyl groups excluding tert-OH is 1. The van der Waals surface area contributed by atoms with Crippen molar-refractivity contribution in [3.8, 4) is 0 Å². The van der Waals surface area contributed by atoms with Crippen LogP contribution in [0.2, 0.25) is 0 Å². The quantitative estimate of drug-likeness (QED) is 0.908. The molecule has 1 atom stereocenters. The number of hydrogen-bond acceptors (Lipinski definition) is 4. The molecule has 1 fully saturated rings. The summed E-state index contributed by atoms with van der Waals surface area (Å²) in [5, 5.41) is 11.1. The Kier molecular flexibility index (Phi) is 3.82. The highest BCUT2D eigenvalue weighted by Crippen LogP contribution is 2.40. The van der Waals surface area contributed by atoms with Crippen LogP contribution in [0.15, 0.2) is 35.2 Å². The zero-order valence-corrected chi connectivity index (χ0v) is 14.8. The predicted octanol–water partition coefficient (Wildman–Crippen LogP) is 1.97. The monoisotopic (exact) mass is 360 g/mol. The van der Waals surface area contributed by atoms with Gasteiger partial charge in [0.15, 0.2) is 0 Å². The van der Waals surface area contributed by atoms with E-state index in [4.69, 9.17) is 0 Å². The van der Waals surface area contributed by atoms with Crippen LogP contribution in [0.25, 0.3) is 10.8 Å². The summed E-state index contributed by atoms with van der Waals surface area (Å²) < 4.78 is 27.6. The first-order valence-corrected chi connectivity index (χ1v) is 9.95. The number of hydrogen-bond donors (Lipinski definition) is 1. The Morgan fingerprint density at radius 3 is 2.76 bits per heavy atom. The molecular formula is C18H20N2O4S. The molecule has 4 rings (SSSR count). The number of piperidine rings is 1. The van der Waals surface area contributed by atoms with E-state index in [0.717, 1.165) is 5.69 Å². The number of carbonyl (C=O) groups excluding carboxylic acids is 1. The van der Waals surface area contributed by atoms with E-state index in [-0.39, 0.29) is 17.3 Å². The molecule has 0 spiro atoms. The van der Waals surface area contributed by atoms with Crippen LogP contribution in [0.4, 0.5) is 5.69 Å². The summed E-state index contributed by atoms with van der Waals surface area (Å²) in [6, 6.07) is 8.52. The van der Waals surface area contributed by atoms with Crippen molar-refractivity contribution < 1.29 is 18.3 Å². The second kappa shape index (κ2) is 5.79. The summed E-state index contributed by atoms with van der Waals surface area (Å²) in [4.78, 5) is 14.4. The number of rotatable bonds is 3. The number of anilines is 1. The largest absolute Gasteiger partial charge is 0.392 e. The molecule has 2 aromatic carbocycles. The average Bonchev–Trinajstić information content (AvgIpc) is 2.88. The van der Waals surface area contributed by atoms with Crippen molar-refractivity contribution in [3.63, 3.8) is 0 Å². The van der Waals surface area contributed by atoms with Crippen molar-refractivity contribution in [1.82, 2.24) is 4.31 Å². The van der Waals surface area contributed by atoms with Gasteiger partial charge in [-0.15, -0.1) is 0 Å². The first-order valence-electron chi connectivity index (χ1n) is 8.51. The van der Waals surface area contributed by atoms with Gasteiger partial charge in [-0.05, 0) is 38.0 Å². The second-order valence-corrected chi connectivity index (χ2v) is 8.43. The van der Waals surface area contributed by atoms with Crippen LogP contribution < -0.4 is 4.90 Å². The van der Waals surface area contributed by atoms with Crippen LogP contribution in [-0.2, 0) is 10.0 Å². The summed E-state index contributed by atoms with van der Waals surface area (Å²) in [6.07, 6.45) is 0.636. The van der Waals surface area contributed by atoms with E-state index in [1.165, 1.54) is 4.31 Å². The van der Waals surface area contributed by atoms with E-state index >= 15 is 0 Å². The molecule has 2 heterocycles. The fraction of sp³-hybridized carbons (Fsp3) is 0.389. The molecule has 0 bridgehead atoms. The van der Waals surface area contributed by atoms with Gasteiger partial charge in [0.25, 0.3) is 5.91 Å². The van der Waals surface area contributed by atoms with E-state index in [9.17, 15) is 18.3 Å². The predicted molar refractivity (Wildman–Crippen MR) is 95.3 cm³/mol. The van der Waals surface area contributed by atoms with E-state index in [1.54, 1.807) is 35.2 Å². The van der Waals surface area contributed by atoms with Crippen molar-refractivity contribution in [3.05, 3.63) is 35.9 Å². The fourth-order valence-corrected chi connectivity index (χ4v) is 5.54.